The molecule has 0 aliphatic carbocycles. The molecular weight excluding hydrogens is 226 g/mol. The third kappa shape index (κ3) is 2.71. The summed E-state index contributed by atoms with van der Waals surface area (Å²) in [7, 11) is 1.71. The number of ether oxygens (including phenoxy) is 1. The van der Waals surface area contributed by atoms with E-state index in [9.17, 15) is 0 Å². The van der Waals surface area contributed by atoms with Gasteiger partial charge >= 0.3 is 0 Å². The lowest BCUT2D eigenvalue weighted by Crippen LogP contribution is -2.06. The van der Waals surface area contributed by atoms with E-state index in [1.165, 1.54) is 0 Å². The van der Waals surface area contributed by atoms with Crippen LogP contribution >= 0.6 is 0 Å². The largest absolute Gasteiger partial charge is 0.398 e. The summed E-state index contributed by atoms with van der Waals surface area (Å²) in [5, 5.41) is 5.45. The number of aromatic nitrogens is 1. The Hall–Kier alpha value is -1.81. The minimum Gasteiger partial charge on any atom is -0.398 e. The molecule has 2 aromatic rings. The monoisotopic (exact) mass is 245 g/mol. The number of nitrogens with one attached hydrogen (secondary N) is 1. The van der Waals surface area contributed by atoms with Crippen molar-refractivity contribution in [3.63, 3.8) is 0 Å². The van der Waals surface area contributed by atoms with Crippen LogP contribution in [0, 0.1) is 6.92 Å². The molecule has 0 atom stereocenters. The fourth-order valence-corrected chi connectivity index (χ4v) is 2.03. The maximum Gasteiger partial charge on any atom is 0.133 e. The highest BCUT2D eigenvalue weighted by Gasteiger charge is 2.05. The van der Waals surface area contributed by atoms with E-state index in [4.69, 9.17) is 10.5 Å². The summed E-state index contributed by atoms with van der Waals surface area (Å²) in [6.45, 7) is 3.63. The van der Waals surface area contributed by atoms with Crippen molar-refractivity contribution in [2.24, 2.45) is 0 Å². The van der Waals surface area contributed by atoms with Crippen molar-refractivity contribution in [2.75, 3.05) is 31.3 Å². The van der Waals surface area contributed by atoms with Crippen molar-refractivity contribution in [2.45, 2.75) is 13.3 Å². The highest BCUT2D eigenvalue weighted by molar-refractivity contribution is 5.99. The van der Waals surface area contributed by atoms with Crippen molar-refractivity contribution in [3.05, 3.63) is 30.0 Å². The van der Waals surface area contributed by atoms with Crippen LogP contribution in [0.1, 0.15) is 12.0 Å². The molecule has 2 rings (SSSR count). The first-order valence-corrected chi connectivity index (χ1v) is 6.10. The summed E-state index contributed by atoms with van der Waals surface area (Å²) in [5.74, 6) is 0.888. The Morgan fingerprint density at radius 2 is 2.17 bits per heavy atom. The number of fused-ring (bicyclic) bond motifs is 1. The average molecular weight is 245 g/mol. The van der Waals surface area contributed by atoms with E-state index in [-0.39, 0.29) is 0 Å². The first-order chi connectivity index (χ1) is 8.72. The molecule has 4 heteroatoms. The Kier molecular flexibility index (Phi) is 3.99. The van der Waals surface area contributed by atoms with Crippen LogP contribution in [0.25, 0.3) is 10.8 Å². The third-order valence-electron chi connectivity index (χ3n) is 2.87. The molecule has 0 amide bonds. The summed E-state index contributed by atoms with van der Waals surface area (Å²) in [4.78, 5) is 4.38. The molecule has 0 bridgehead atoms. The molecule has 0 radical (unpaired) electrons. The molecule has 0 unspecified atom stereocenters. The van der Waals surface area contributed by atoms with Crippen LogP contribution in [0.5, 0.6) is 0 Å². The highest BCUT2D eigenvalue weighted by atomic mass is 16.5. The molecule has 1 aromatic carbocycles. The quantitative estimate of drug-likeness (QED) is 0.628. The van der Waals surface area contributed by atoms with Crippen molar-refractivity contribution < 1.29 is 4.74 Å². The minimum absolute atomic E-state index is 0.749. The van der Waals surface area contributed by atoms with Gasteiger partial charge in [-0.05, 0) is 37.1 Å². The second-order valence-corrected chi connectivity index (χ2v) is 4.38. The molecule has 0 spiro atoms. The maximum atomic E-state index is 6.03. The number of hydrogen-bond donors (Lipinski definition) is 2. The minimum atomic E-state index is 0.749. The van der Waals surface area contributed by atoms with Crippen LogP contribution in [0.15, 0.2) is 24.4 Å². The van der Waals surface area contributed by atoms with E-state index >= 15 is 0 Å². The van der Waals surface area contributed by atoms with Gasteiger partial charge in [0.2, 0.25) is 0 Å². The van der Waals surface area contributed by atoms with Crippen LogP contribution in [0.2, 0.25) is 0 Å². The van der Waals surface area contributed by atoms with Gasteiger partial charge in [-0.15, -0.1) is 0 Å². The summed E-state index contributed by atoms with van der Waals surface area (Å²) in [5.41, 5.74) is 7.97. The summed E-state index contributed by atoms with van der Waals surface area (Å²) in [6.07, 6.45) is 2.74. The Bertz CT molecular complexity index is 540. The van der Waals surface area contributed by atoms with Gasteiger partial charge in [0.05, 0.1) is 0 Å². The predicted molar refractivity (Wildman–Crippen MR) is 75.9 cm³/mol. The number of benzene rings is 1. The van der Waals surface area contributed by atoms with E-state index in [1.807, 2.05) is 19.1 Å². The highest BCUT2D eigenvalue weighted by Crippen LogP contribution is 2.27. The number of nitrogens with two attached hydrogens (primary N) is 1. The molecule has 1 aromatic heterocycles. The van der Waals surface area contributed by atoms with Gasteiger partial charge in [-0.3, -0.25) is 0 Å². The lowest BCUT2D eigenvalue weighted by atomic mass is 10.1. The molecule has 0 saturated heterocycles. The summed E-state index contributed by atoms with van der Waals surface area (Å²) in [6, 6.07) is 6.04. The van der Waals surface area contributed by atoms with Gasteiger partial charge in [-0.25, -0.2) is 4.98 Å². The van der Waals surface area contributed by atoms with Gasteiger partial charge in [-0.2, -0.15) is 0 Å². The van der Waals surface area contributed by atoms with E-state index in [0.717, 1.165) is 47.4 Å². The topological polar surface area (TPSA) is 60.2 Å². The van der Waals surface area contributed by atoms with Gasteiger partial charge in [-0.1, -0.05) is 0 Å². The standard InChI is InChI=1S/C14H19N3O/c1-10-8-12-11(13(15)9-10)4-6-17-14(12)16-5-3-7-18-2/h4,6,8-9H,3,5,7,15H2,1-2H3,(H,16,17). The lowest BCUT2D eigenvalue weighted by Gasteiger charge is -2.10. The van der Waals surface area contributed by atoms with Crippen LogP contribution < -0.4 is 11.1 Å². The van der Waals surface area contributed by atoms with E-state index in [0.29, 0.717) is 0 Å². The Morgan fingerprint density at radius 3 is 2.94 bits per heavy atom. The Balaban J connectivity index is 2.27. The number of nitrogen functional groups attached to an aromatic ring is 1. The zero-order chi connectivity index (χ0) is 13.0. The first kappa shape index (κ1) is 12.6. The average Bonchev–Trinajstić information content (AvgIpc) is 2.35. The summed E-state index contributed by atoms with van der Waals surface area (Å²) >= 11 is 0. The van der Waals surface area contributed by atoms with Gasteiger partial charge in [0.15, 0.2) is 0 Å². The molecule has 1 heterocycles. The van der Waals surface area contributed by atoms with Gasteiger partial charge < -0.3 is 15.8 Å². The predicted octanol–water partition coefficient (Wildman–Crippen LogP) is 2.57. The second kappa shape index (κ2) is 5.69. The normalized spacial score (nSPS) is 10.8. The number of aryl methyl sites for hydroxylation is 1. The fourth-order valence-electron chi connectivity index (χ4n) is 2.03. The lowest BCUT2D eigenvalue weighted by molar-refractivity contribution is 0.198. The van der Waals surface area contributed by atoms with Crippen molar-refractivity contribution >= 4 is 22.3 Å². The molecule has 3 N–H and O–H groups in total. The van der Waals surface area contributed by atoms with E-state index < -0.39 is 0 Å². The van der Waals surface area contributed by atoms with Crippen molar-refractivity contribution in [3.8, 4) is 0 Å². The number of nitrogens with zero attached hydrogens (tertiary/aromatic N) is 1. The zero-order valence-electron chi connectivity index (χ0n) is 10.9. The molecule has 0 saturated carbocycles. The number of rotatable bonds is 5. The van der Waals surface area contributed by atoms with Crippen LogP contribution in [0.4, 0.5) is 11.5 Å². The fraction of sp³-hybridized carbons (Fsp3) is 0.357. The molecule has 0 aliphatic rings. The number of pyridine rings is 1. The second-order valence-electron chi connectivity index (χ2n) is 4.38. The maximum absolute atomic E-state index is 6.03. The van der Waals surface area contributed by atoms with E-state index in [1.54, 1.807) is 13.3 Å². The zero-order valence-corrected chi connectivity index (χ0v) is 10.9. The molecule has 4 nitrogen and oxygen atoms in total. The van der Waals surface area contributed by atoms with Crippen LogP contribution in [-0.4, -0.2) is 25.2 Å². The number of anilines is 2. The number of methoxy groups -OCH3 is 1. The first-order valence-electron chi connectivity index (χ1n) is 6.10. The molecular formula is C14H19N3O. The van der Waals surface area contributed by atoms with Gasteiger partial charge in [0.25, 0.3) is 0 Å². The third-order valence-corrected chi connectivity index (χ3v) is 2.87. The van der Waals surface area contributed by atoms with E-state index in [2.05, 4.69) is 16.4 Å². The Labute approximate surface area is 107 Å². The van der Waals surface area contributed by atoms with Crippen LogP contribution in [0.3, 0.4) is 0 Å². The van der Waals surface area contributed by atoms with Gasteiger partial charge in [0.1, 0.15) is 5.82 Å². The van der Waals surface area contributed by atoms with Crippen molar-refractivity contribution in [1.82, 2.24) is 4.98 Å². The molecule has 0 aliphatic heterocycles. The smallest absolute Gasteiger partial charge is 0.133 e. The molecule has 96 valence electrons. The van der Waals surface area contributed by atoms with Crippen molar-refractivity contribution in [1.29, 1.82) is 0 Å². The number of hydrogen-bond acceptors (Lipinski definition) is 4. The molecule has 18 heavy (non-hydrogen) atoms. The molecule has 0 fully saturated rings. The SMILES string of the molecule is COCCCNc1nccc2c(N)cc(C)cc12. The van der Waals surface area contributed by atoms with Gasteiger partial charge in [0, 0.05) is 42.9 Å². The Morgan fingerprint density at radius 1 is 1.33 bits per heavy atom. The van der Waals surface area contributed by atoms with Crippen LogP contribution in [-0.2, 0) is 4.74 Å². The summed E-state index contributed by atoms with van der Waals surface area (Å²) < 4.78 is 5.03.